The second-order valence-electron chi connectivity index (χ2n) is 4.34. The Bertz CT molecular complexity index is 559. The summed E-state index contributed by atoms with van der Waals surface area (Å²) in [5.74, 6) is 2.55. The SMILES string of the molecule is CCc1nc(NC)cc(-c2ccc(OC)cc2C)n1. The van der Waals surface area contributed by atoms with Crippen molar-refractivity contribution in [2.75, 3.05) is 19.5 Å². The fraction of sp³-hybridized carbons (Fsp3) is 0.333. The minimum atomic E-state index is 0.817. The highest BCUT2D eigenvalue weighted by atomic mass is 16.5. The first-order chi connectivity index (χ1) is 9.17. The van der Waals surface area contributed by atoms with Crippen molar-refractivity contribution in [3.05, 3.63) is 35.7 Å². The first kappa shape index (κ1) is 13.3. The van der Waals surface area contributed by atoms with Crippen LogP contribution in [0.25, 0.3) is 11.3 Å². The van der Waals surface area contributed by atoms with E-state index >= 15 is 0 Å². The van der Waals surface area contributed by atoms with E-state index in [9.17, 15) is 0 Å². The molecular weight excluding hydrogens is 238 g/mol. The normalized spacial score (nSPS) is 10.3. The van der Waals surface area contributed by atoms with Crippen molar-refractivity contribution in [1.29, 1.82) is 0 Å². The van der Waals surface area contributed by atoms with Crippen molar-refractivity contribution in [2.24, 2.45) is 0 Å². The number of hydrogen-bond donors (Lipinski definition) is 1. The van der Waals surface area contributed by atoms with Gasteiger partial charge in [0.15, 0.2) is 0 Å². The number of aryl methyl sites for hydroxylation is 2. The molecule has 19 heavy (non-hydrogen) atoms. The maximum atomic E-state index is 5.23. The largest absolute Gasteiger partial charge is 0.497 e. The van der Waals surface area contributed by atoms with Gasteiger partial charge in [-0.15, -0.1) is 0 Å². The smallest absolute Gasteiger partial charge is 0.131 e. The van der Waals surface area contributed by atoms with Crippen LogP contribution < -0.4 is 10.1 Å². The summed E-state index contributed by atoms with van der Waals surface area (Å²) in [4.78, 5) is 9.01. The lowest BCUT2D eigenvalue weighted by Crippen LogP contribution is -2.01. The van der Waals surface area contributed by atoms with E-state index in [0.717, 1.165) is 40.6 Å². The molecule has 4 heteroatoms. The molecule has 0 spiro atoms. The lowest BCUT2D eigenvalue weighted by Gasteiger charge is -2.10. The minimum absolute atomic E-state index is 0.817. The molecule has 2 aromatic rings. The van der Waals surface area contributed by atoms with E-state index in [4.69, 9.17) is 4.74 Å². The van der Waals surface area contributed by atoms with Crippen LogP contribution in [0.3, 0.4) is 0 Å². The lowest BCUT2D eigenvalue weighted by molar-refractivity contribution is 0.414. The molecule has 0 aliphatic rings. The van der Waals surface area contributed by atoms with Crippen molar-refractivity contribution in [1.82, 2.24) is 9.97 Å². The van der Waals surface area contributed by atoms with E-state index in [1.807, 2.05) is 31.3 Å². The Hall–Kier alpha value is -2.10. The Morgan fingerprint density at radius 1 is 1.21 bits per heavy atom. The average molecular weight is 257 g/mol. The van der Waals surface area contributed by atoms with Gasteiger partial charge in [-0.05, 0) is 30.7 Å². The summed E-state index contributed by atoms with van der Waals surface area (Å²) in [5.41, 5.74) is 3.19. The molecule has 100 valence electrons. The molecule has 0 amide bonds. The van der Waals surface area contributed by atoms with Crippen LogP contribution in [0, 0.1) is 6.92 Å². The second-order valence-corrected chi connectivity index (χ2v) is 4.34. The summed E-state index contributed by atoms with van der Waals surface area (Å²) < 4.78 is 5.23. The zero-order valence-corrected chi connectivity index (χ0v) is 11.8. The third-order valence-corrected chi connectivity index (χ3v) is 3.05. The first-order valence-corrected chi connectivity index (χ1v) is 6.38. The number of aromatic nitrogens is 2. The number of anilines is 1. The maximum Gasteiger partial charge on any atom is 0.131 e. The first-order valence-electron chi connectivity index (χ1n) is 6.38. The topological polar surface area (TPSA) is 47.0 Å². The minimum Gasteiger partial charge on any atom is -0.497 e. The lowest BCUT2D eigenvalue weighted by atomic mass is 10.0. The van der Waals surface area contributed by atoms with E-state index in [2.05, 4.69) is 29.1 Å². The summed E-state index contributed by atoms with van der Waals surface area (Å²) in [6.07, 6.45) is 0.817. The molecule has 1 heterocycles. The molecule has 4 nitrogen and oxygen atoms in total. The highest BCUT2D eigenvalue weighted by molar-refractivity contribution is 5.67. The Labute approximate surface area is 113 Å². The molecular formula is C15H19N3O. The van der Waals surface area contributed by atoms with Crippen molar-refractivity contribution >= 4 is 5.82 Å². The maximum absolute atomic E-state index is 5.23. The number of ether oxygens (including phenoxy) is 1. The quantitative estimate of drug-likeness (QED) is 0.914. The summed E-state index contributed by atoms with van der Waals surface area (Å²) in [6, 6.07) is 7.97. The monoisotopic (exact) mass is 257 g/mol. The van der Waals surface area contributed by atoms with E-state index in [1.54, 1.807) is 7.11 Å². The van der Waals surface area contributed by atoms with Crippen molar-refractivity contribution in [3.63, 3.8) is 0 Å². The Morgan fingerprint density at radius 3 is 2.58 bits per heavy atom. The molecule has 1 aromatic heterocycles. The fourth-order valence-electron chi connectivity index (χ4n) is 1.97. The third kappa shape index (κ3) is 2.84. The van der Waals surface area contributed by atoms with Crippen LogP contribution in [0.2, 0.25) is 0 Å². The van der Waals surface area contributed by atoms with Gasteiger partial charge in [0, 0.05) is 25.1 Å². The van der Waals surface area contributed by atoms with Crippen molar-refractivity contribution < 1.29 is 4.74 Å². The van der Waals surface area contributed by atoms with Crippen LogP contribution >= 0.6 is 0 Å². The van der Waals surface area contributed by atoms with Gasteiger partial charge in [0.2, 0.25) is 0 Å². The van der Waals surface area contributed by atoms with E-state index in [1.165, 1.54) is 0 Å². The number of methoxy groups -OCH3 is 1. The number of benzene rings is 1. The third-order valence-electron chi connectivity index (χ3n) is 3.05. The van der Waals surface area contributed by atoms with Gasteiger partial charge in [0.25, 0.3) is 0 Å². The standard InChI is InChI=1S/C15H19N3O/c1-5-14-17-13(9-15(16-3)18-14)12-7-6-11(19-4)8-10(12)2/h6-9H,5H2,1-4H3,(H,16,17,18). The van der Waals surface area contributed by atoms with Crippen LogP contribution in [-0.2, 0) is 6.42 Å². The molecule has 0 saturated carbocycles. The summed E-state index contributed by atoms with van der Waals surface area (Å²) in [5, 5.41) is 3.08. The van der Waals surface area contributed by atoms with Crippen LogP contribution in [0.1, 0.15) is 18.3 Å². The number of nitrogens with zero attached hydrogens (tertiary/aromatic N) is 2. The number of nitrogens with one attached hydrogen (secondary N) is 1. The molecule has 0 atom stereocenters. The van der Waals surface area contributed by atoms with Gasteiger partial charge in [0.05, 0.1) is 12.8 Å². The van der Waals surface area contributed by atoms with Crippen LogP contribution in [-0.4, -0.2) is 24.1 Å². The van der Waals surface area contributed by atoms with Gasteiger partial charge in [-0.3, -0.25) is 0 Å². The zero-order valence-electron chi connectivity index (χ0n) is 11.8. The molecule has 1 N–H and O–H groups in total. The number of rotatable bonds is 4. The Morgan fingerprint density at radius 2 is 2.00 bits per heavy atom. The van der Waals surface area contributed by atoms with Crippen LogP contribution in [0.5, 0.6) is 5.75 Å². The molecule has 0 saturated heterocycles. The predicted octanol–water partition coefficient (Wildman–Crippen LogP) is 3.06. The van der Waals surface area contributed by atoms with E-state index < -0.39 is 0 Å². The Kier molecular flexibility index (Phi) is 4.00. The molecule has 0 aliphatic carbocycles. The van der Waals surface area contributed by atoms with Crippen molar-refractivity contribution in [3.8, 4) is 17.0 Å². The van der Waals surface area contributed by atoms with Gasteiger partial charge >= 0.3 is 0 Å². The molecule has 0 bridgehead atoms. The fourth-order valence-corrected chi connectivity index (χ4v) is 1.97. The molecule has 0 unspecified atom stereocenters. The van der Waals surface area contributed by atoms with Crippen molar-refractivity contribution in [2.45, 2.75) is 20.3 Å². The van der Waals surface area contributed by atoms with Gasteiger partial charge in [-0.2, -0.15) is 0 Å². The zero-order chi connectivity index (χ0) is 13.8. The van der Waals surface area contributed by atoms with E-state index in [0.29, 0.717) is 0 Å². The summed E-state index contributed by atoms with van der Waals surface area (Å²) in [6.45, 7) is 4.12. The number of hydrogen-bond acceptors (Lipinski definition) is 4. The molecule has 2 rings (SSSR count). The van der Waals surface area contributed by atoms with E-state index in [-0.39, 0.29) is 0 Å². The van der Waals surface area contributed by atoms with Gasteiger partial charge < -0.3 is 10.1 Å². The summed E-state index contributed by atoms with van der Waals surface area (Å²) in [7, 11) is 3.54. The van der Waals surface area contributed by atoms with Crippen LogP contribution in [0.15, 0.2) is 24.3 Å². The molecule has 0 fully saturated rings. The molecule has 0 radical (unpaired) electrons. The molecule has 0 aliphatic heterocycles. The highest BCUT2D eigenvalue weighted by Gasteiger charge is 2.08. The van der Waals surface area contributed by atoms with Crippen LogP contribution in [0.4, 0.5) is 5.82 Å². The highest BCUT2D eigenvalue weighted by Crippen LogP contribution is 2.26. The second kappa shape index (κ2) is 5.69. The van der Waals surface area contributed by atoms with Gasteiger partial charge in [0.1, 0.15) is 17.4 Å². The Balaban J connectivity index is 2.51. The molecule has 1 aromatic carbocycles. The predicted molar refractivity (Wildman–Crippen MR) is 77.7 cm³/mol. The summed E-state index contributed by atoms with van der Waals surface area (Å²) >= 11 is 0. The van der Waals surface area contributed by atoms with Gasteiger partial charge in [-0.25, -0.2) is 9.97 Å². The van der Waals surface area contributed by atoms with Gasteiger partial charge in [-0.1, -0.05) is 6.92 Å². The average Bonchev–Trinajstić information content (AvgIpc) is 2.46.